The maximum atomic E-state index is 12.5. The van der Waals surface area contributed by atoms with Crippen LogP contribution in [0.5, 0.6) is 0 Å². The van der Waals surface area contributed by atoms with Crippen LogP contribution in [0.15, 0.2) is 24.3 Å². The molecule has 0 fully saturated rings. The molecule has 0 aliphatic carbocycles. The van der Waals surface area contributed by atoms with E-state index in [4.69, 9.17) is 34.8 Å². The summed E-state index contributed by atoms with van der Waals surface area (Å²) in [5.74, 6) is -1.20. The largest absolute Gasteiger partial charge is 0.417 e. The summed E-state index contributed by atoms with van der Waals surface area (Å²) in [4.78, 5) is 11.4. The highest BCUT2D eigenvalue weighted by Gasteiger charge is 2.40. The van der Waals surface area contributed by atoms with Gasteiger partial charge in [0, 0.05) is 5.56 Å². The Balaban J connectivity index is 3.31. The van der Waals surface area contributed by atoms with E-state index in [0.717, 1.165) is 18.2 Å². The van der Waals surface area contributed by atoms with E-state index in [-0.39, 0.29) is 0 Å². The summed E-state index contributed by atoms with van der Waals surface area (Å²) in [6.07, 6.45) is -4.66. The molecule has 16 heavy (non-hydrogen) atoms. The fourth-order valence-electron chi connectivity index (χ4n) is 1.08. The van der Waals surface area contributed by atoms with E-state index < -0.39 is 26.9 Å². The van der Waals surface area contributed by atoms with E-state index in [0.29, 0.717) is 0 Å². The van der Waals surface area contributed by atoms with Crippen LogP contribution in [0.4, 0.5) is 13.2 Å². The monoisotopic (exact) mass is 290 g/mol. The lowest BCUT2D eigenvalue weighted by molar-refractivity contribution is -0.137. The third-order valence-electron chi connectivity index (χ3n) is 1.73. The molecule has 0 atom stereocenters. The molecule has 0 saturated carbocycles. The second kappa shape index (κ2) is 4.43. The third-order valence-corrected chi connectivity index (χ3v) is 2.25. The van der Waals surface area contributed by atoms with Crippen molar-refractivity contribution in [1.29, 1.82) is 0 Å². The van der Waals surface area contributed by atoms with Crippen LogP contribution in [0, 0.1) is 0 Å². The number of carbonyl (C=O) groups is 1. The first kappa shape index (κ1) is 13.6. The first-order chi connectivity index (χ1) is 7.14. The number of alkyl halides is 6. The van der Waals surface area contributed by atoms with Crippen molar-refractivity contribution in [2.75, 3.05) is 0 Å². The van der Waals surface area contributed by atoms with E-state index in [1.54, 1.807) is 0 Å². The van der Waals surface area contributed by atoms with Crippen LogP contribution in [0.1, 0.15) is 15.9 Å². The van der Waals surface area contributed by atoms with Crippen molar-refractivity contribution in [1.82, 2.24) is 0 Å². The summed E-state index contributed by atoms with van der Waals surface area (Å²) in [5.41, 5.74) is -1.78. The van der Waals surface area contributed by atoms with Gasteiger partial charge < -0.3 is 0 Å². The number of benzene rings is 1. The SMILES string of the molecule is O=C(c1ccccc1C(F)(F)F)C(Cl)(Cl)Cl. The molecular formula is C9H4Cl3F3O. The molecule has 0 aliphatic rings. The number of rotatable bonds is 1. The van der Waals surface area contributed by atoms with Crippen LogP contribution < -0.4 is 0 Å². The number of ketones is 1. The van der Waals surface area contributed by atoms with Crippen LogP contribution in [0.2, 0.25) is 0 Å². The molecule has 1 aromatic carbocycles. The van der Waals surface area contributed by atoms with Crippen LogP contribution in [-0.4, -0.2) is 9.58 Å². The van der Waals surface area contributed by atoms with Crippen molar-refractivity contribution in [2.24, 2.45) is 0 Å². The van der Waals surface area contributed by atoms with E-state index in [1.807, 2.05) is 0 Å². The summed E-state index contributed by atoms with van der Waals surface area (Å²) in [6.45, 7) is 0. The Morgan fingerprint density at radius 1 is 1.06 bits per heavy atom. The fourth-order valence-corrected chi connectivity index (χ4v) is 1.39. The zero-order valence-electron chi connectivity index (χ0n) is 7.49. The van der Waals surface area contributed by atoms with Gasteiger partial charge in [-0.1, -0.05) is 53.0 Å². The van der Waals surface area contributed by atoms with E-state index in [1.165, 1.54) is 6.07 Å². The number of Topliss-reactive ketones (excluding diaryl/α,β-unsaturated/α-hetero) is 1. The van der Waals surface area contributed by atoms with Crippen molar-refractivity contribution < 1.29 is 18.0 Å². The molecule has 0 bridgehead atoms. The van der Waals surface area contributed by atoms with Crippen molar-refractivity contribution in [3.8, 4) is 0 Å². The molecule has 0 amide bonds. The van der Waals surface area contributed by atoms with Crippen LogP contribution in [0.25, 0.3) is 0 Å². The molecular weight excluding hydrogens is 287 g/mol. The minimum atomic E-state index is -4.66. The van der Waals surface area contributed by atoms with Crippen molar-refractivity contribution in [3.05, 3.63) is 35.4 Å². The average Bonchev–Trinajstić information content (AvgIpc) is 2.14. The molecule has 88 valence electrons. The van der Waals surface area contributed by atoms with Gasteiger partial charge in [-0.3, -0.25) is 4.79 Å². The Hall–Kier alpha value is -0.450. The Bertz CT molecular complexity index is 409. The topological polar surface area (TPSA) is 17.1 Å². The minimum Gasteiger partial charge on any atom is -0.289 e. The van der Waals surface area contributed by atoms with Gasteiger partial charge >= 0.3 is 6.18 Å². The minimum absolute atomic E-state index is 0.657. The van der Waals surface area contributed by atoms with E-state index >= 15 is 0 Å². The highest BCUT2D eigenvalue weighted by atomic mass is 35.6. The van der Waals surface area contributed by atoms with Gasteiger partial charge in [0.25, 0.3) is 3.79 Å². The second-order valence-corrected chi connectivity index (χ2v) is 5.15. The van der Waals surface area contributed by atoms with Gasteiger partial charge in [-0.25, -0.2) is 0 Å². The summed E-state index contributed by atoms with van der Waals surface area (Å²) in [7, 11) is 0. The van der Waals surface area contributed by atoms with Crippen molar-refractivity contribution in [3.63, 3.8) is 0 Å². The lowest BCUT2D eigenvalue weighted by Gasteiger charge is -2.15. The smallest absolute Gasteiger partial charge is 0.289 e. The molecule has 1 aromatic rings. The van der Waals surface area contributed by atoms with Crippen molar-refractivity contribution >= 4 is 40.6 Å². The van der Waals surface area contributed by atoms with E-state index in [2.05, 4.69) is 0 Å². The average molecular weight is 291 g/mol. The molecule has 1 rings (SSSR count). The second-order valence-electron chi connectivity index (χ2n) is 2.87. The van der Waals surface area contributed by atoms with Gasteiger partial charge in [0.15, 0.2) is 0 Å². The summed E-state index contributed by atoms with van der Waals surface area (Å²) in [6, 6.07) is 4.13. The van der Waals surface area contributed by atoms with Gasteiger partial charge in [0.2, 0.25) is 5.78 Å². The molecule has 0 aliphatic heterocycles. The van der Waals surface area contributed by atoms with Crippen LogP contribution >= 0.6 is 34.8 Å². The summed E-state index contributed by atoms with van der Waals surface area (Å²) in [5, 5.41) is 0. The maximum absolute atomic E-state index is 12.5. The zero-order valence-corrected chi connectivity index (χ0v) is 9.75. The van der Waals surface area contributed by atoms with Crippen LogP contribution in [0.3, 0.4) is 0 Å². The molecule has 0 unspecified atom stereocenters. The Kier molecular flexibility index (Phi) is 3.77. The number of hydrogen-bond donors (Lipinski definition) is 0. The zero-order chi connectivity index (χ0) is 12.6. The Labute approximate surface area is 104 Å². The number of hydrogen-bond acceptors (Lipinski definition) is 1. The molecule has 0 saturated heterocycles. The summed E-state index contributed by atoms with van der Waals surface area (Å²) < 4.78 is 35.1. The molecule has 1 nitrogen and oxygen atoms in total. The Morgan fingerprint density at radius 3 is 2.00 bits per heavy atom. The quantitative estimate of drug-likeness (QED) is 0.558. The lowest BCUT2D eigenvalue weighted by Crippen LogP contribution is -2.23. The lowest BCUT2D eigenvalue weighted by atomic mass is 10.0. The summed E-state index contributed by atoms with van der Waals surface area (Å²) >= 11 is 15.8. The molecule has 0 heterocycles. The molecule has 0 radical (unpaired) electrons. The van der Waals surface area contributed by atoms with Gasteiger partial charge in [-0.2, -0.15) is 13.2 Å². The predicted molar refractivity (Wildman–Crippen MR) is 56.1 cm³/mol. The van der Waals surface area contributed by atoms with Crippen molar-refractivity contribution in [2.45, 2.75) is 9.97 Å². The van der Waals surface area contributed by atoms with Gasteiger partial charge in [0.1, 0.15) is 0 Å². The highest BCUT2D eigenvalue weighted by Crippen LogP contribution is 2.37. The maximum Gasteiger partial charge on any atom is 0.417 e. The standard InChI is InChI=1S/C9H4Cl3F3O/c10-8(11,12)7(16)5-3-1-2-4-6(5)9(13,14)15/h1-4H. The van der Waals surface area contributed by atoms with Gasteiger partial charge in [0.05, 0.1) is 5.56 Å². The molecule has 0 spiro atoms. The molecule has 0 aromatic heterocycles. The highest BCUT2D eigenvalue weighted by molar-refractivity contribution is 6.77. The van der Waals surface area contributed by atoms with Gasteiger partial charge in [-0.15, -0.1) is 0 Å². The van der Waals surface area contributed by atoms with Gasteiger partial charge in [-0.05, 0) is 6.07 Å². The molecule has 0 N–H and O–H groups in total. The van der Waals surface area contributed by atoms with E-state index in [9.17, 15) is 18.0 Å². The predicted octanol–water partition coefficient (Wildman–Crippen LogP) is 4.26. The normalized spacial score (nSPS) is 12.6. The molecule has 7 heteroatoms. The van der Waals surface area contributed by atoms with Crippen LogP contribution in [-0.2, 0) is 6.18 Å². The number of carbonyl (C=O) groups excluding carboxylic acids is 1. The Morgan fingerprint density at radius 2 is 1.56 bits per heavy atom. The first-order valence-electron chi connectivity index (χ1n) is 3.92. The third kappa shape index (κ3) is 3.03. The first-order valence-corrected chi connectivity index (χ1v) is 5.05. The number of halogens is 6. The fraction of sp³-hybridized carbons (Fsp3) is 0.222.